The third kappa shape index (κ3) is 3.50. The van der Waals surface area contributed by atoms with Crippen LogP contribution in [0.25, 0.3) is 0 Å². The summed E-state index contributed by atoms with van der Waals surface area (Å²) in [6.07, 6.45) is 5.42. The summed E-state index contributed by atoms with van der Waals surface area (Å²) in [7, 11) is 0. The van der Waals surface area contributed by atoms with Crippen LogP contribution in [-0.4, -0.2) is 49.1 Å². The number of hydrogen-bond acceptors (Lipinski definition) is 4. The van der Waals surface area contributed by atoms with Crippen molar-refractivity contribution in [3.05, 3.63) is 29.8 Å². The van der Waals surface area contributed by atoms with Crippen molar-refractivity contribution in [1.29, 1.82) is 0 Å². The number of hydrogen-bond donors (Lipinski definition) is 0. The molecule has 2 aliphatic rings. The fourth-order valence-corrected chi connectivity index (χ4v) is 3.61. The third-order valence-corrected chi connectivity index (χ3v) is 4.75. The smallest absolute Gasteiger partial charge is 0.163 e. The van der Waals surface area contributed by atoms with E-state index in [1.807, 2.05) is 24.3 Å². The Morgan fingerprint density at radius 2 is 2.14 bits per heavy atom. The molecule has 0 amide bonds. The van der Waals surface area contributed by atoms with E-state index in [1.54, 1.807) is 6.92 Å². The molecule has 0 unspecified atom stereocenters. The number of carbonyl (C=O) groups is 1. The molecule has 1 saturated heterocycles. The van der Waals surface area contributed by atoms with Crippen molar-refractivity contribution in [2.24, 2.45) is 0 Å². The molecule has 0 spiro atoms. The van der Waals surface area contributed by atoms with Crippen LogP contribution in [0.3, 0.4) is 0 Å². The van der Waals surface area contributed by atoms with Crippen molar-refractivity contribution < 1.29 is 14.3 Å². The van der Waals surface area contributed by atoms with Crippen LogP contribution in [0.2, 0.25) is 0 Å². The van der Waals surface area contributed by atoms with Crippen LogP contribution in [-0.2, 0) is 4.74 Å². The number of carbonyl (C=O) groups excluding carboxylic acids is 1. The van der Waals surface area contributed by atoms with Gasteiger partial charge < -0.3 is 9.47 Å². The fourth-order valence-electron chi connectivity index (χ4n) is 3.61. The molecule has 2 atom stereocenters. The predicted molar refractivity (Wildman–Crippen MR) is 85.5 cm³/mol. The van der Waals surface area contributed by atoms with Gasteiger partial charge in [0.15, 0.2) is 5.78 Å². The monoisotopic (exact) mass is 303 g/mol. The molecule has 3 rings (SSSR count). The van der Waals surface area contributed by atoms with Gasteiger partial charge in [-0.15, -0.1) is 0 Å². The number of benzene rings is 1. The summed E-state index contributed by atoms with van der Waals surface area (Å²) in [6.45, 7) is 4.91. The van der Waals surface area contributed by atoms with E-state index in [1.165, 1.54) is 25.7 Å². The highest BCUT2D eigenvalue weighted by Gasteiger charge is 2.33. The Morgan fingerprint density at radius 3 is 3.00 bits per heavy atom. The van der Waals surface area contributed by atoms with E-state index in [2.05, 4.69) is 4.90 Å². The summed E-state index contributed by atoms with van der Waals surface area (Å²) < 4.78 is 11.8. The Hall–Kier alpha value is -1.39. The molecule has 0 radical (unpaired) electrons. The number of rotatable bonds is 5. The molecule has 0 bridgehead atoms. The number of morpholine rings is 1. The molecular formula is C18H25NO3. The topological polar surface area (TPSA) is 38.8 Å². The number of nitrogens with zero attached hydrogens (tertiary/aromatic N) is 1. The normalized spacial score (nSPS) is 25.5. The molecule has 0 aromatic heterocycles. The Bertz CT molecular complexity index is 515. The van der Waals surface area contributed by atoms with Crippen LogP contribution in [0.4, 0.5) is 0 Å². The predicted octanol–water partition coefficient (Wildman–Crippen LogP) is 2.91. The molecule has 1 aliphatic carbocycles. The molecule has 4 nitrogen and oxygen atoms in total. The lowest BCUT2D eigenvalue weighted by atomic mass is 9.90. The molecule has 1 aromatic rings. The second-order valence-corrected chi connectivity index (χ2v) is 6.20. The zero-order valence-corrected chi connectivity index (χ0v) is 13.3. The van der Waals surface area contributed by atoms with Gasteiger partial charge in [0.05, 0.1) is 18.3 Å². The van der Waals surface area contributed by atoms with Crippen molar-refractivity contribution >= 4 is 5.78 Å². The van der Waals surface area contributed by atoms with Gasteiger partial charge in [0.25, 0.3) is 0 Å². The molecule has 1 aromatic carbocycles. The zero-order chi connectivity index (χ0) is 15.4. The van der Waals surface area contributed by atoms with Crippen molar-refractivity contribution in [3.8, 4) is 5.75 Å². The molecule has 1 aliphatic heterocycles. The number of ether oxygens (including phenoxy) is 2. The Morgan fingerprint density at radius 1 is 1.32 bits per heavy atom. The maximum absolute atomic E-state index is 11.6. The average molecular weight is 303 g/mol. The Balaban J connectivity index is 1.55. The van der Waals surface area contributed by atoms with Crippen LogP contribution in [0.5, 0.6) is 5.75 Å². The number of para-hydroxylation sites is 1. The summed E-state index contributed by atoms with van der Waals surface area (Å²) in [4.78, 5) is 14.1. The first-order valence-electron chi connectivity index (χ1n) is 8.34. The quantitative estimate of drug-likeness (QED) is 0.784. The van der Waals surface area contributed by atoms with Gasteiger partial charge in [-0.25, -0.2) is 0 Å². The van der Waals surface area contributed by atoms with Crippen LogP contribution < -0.4 is 4.74 Å². The molecular weight excluding hydrogens is 278 g/mol. The minimum Gasteiger partial charge on any atom is -0.491 e. The van der Waals surface area contributed by atoms with Crippen molar-refractivity contribution in [2.75, 3.05) is 26.3 Å². The lowest BCUT2D eigenvalue weighted by Gasteiger charge is -2.43. The number of Topliss-reactive ketones (excluding diaryl/α,β-unsaturated/α-hetero) is 1. The lowest BCUT2D eigenvalue weighted by Crippen LogP contribution is -2.53. The first-order valence-corrected chi connectivity index (χ1v) is 8.34. The number of fused-ring (bicyclic) bond motifs is 1. The highest BCUT2D eigenvalue weighted by Crippen LogP contribution is 2.28. The molecule has 0 N–H and O–H groups in total. The zero-order valence-electron chi connectivity index (χ0n) is 13.3. The first-order chi connectivity index (χ1) is 10.8. The summed E-state index contributed by atoms with van der Waals surface area (Å²) >= 11 is 0. The summed E-state index contributed by atoms with van der Waals surface area (Å²) in [5, 5.41) is 0. The average Bonchev–Trinajstić information content (AvgIpc) is 2.55. The van der Waals surface area contributed by atoms with E-state index in [9.17, 15) is 4.79 Å². The molecule has 4 heteroatoms. The van der Waals surface area contributed by atoms with Gasteiger partial charge in [-0.05, 0) is 31.9 Å². The van der Waals surface area contributed by atoms with E-state index < -0.39 is 0 Å². The van der Waals surface area contributed by atoms with Crippen LogP contribution in [0, 0.1) is 0 Å². The minimum atomic E-state index is 0.0503. The maximum Gasteiger partial charge on any atom is 0.163 e. The van der Waals surface area contributed by atoms with Crippen LogP contribution in [0.1, 0.15) is 43.0 Å². The van der Waals surface area contributed by atoms with Crippen molar-refractivity contribution in [2.45, 2.75) is 44.8 Å². The molecule has 120 valence electrons. The molecule has 1 saturated carbocycles. The van der Waals surface area contributed by atoms with Crippen molar-refractivity contribution in [1.82, 2.24) is 4.90 Å². The van der Waals surface area contributed by atoms with Gasteiger partial charge in [-0.3, -0.25) is 9.69 Å². The van der Waals surface area contributed by atoms with Crippen LogP contribution in [0.15, 0.2) is 24.3 Å². The van der Waals surface area contributed by atoms with Gasteiger partial charge in [0.1, 0.15) is 12.4 Å². The van der Waals surface area contributed by atoms with Crippen LogP contribution >= 0.6 is 0 Å². The number of ketones is 1. The minimum absolute atomic E-state index is 0.0503. The highest BCUT2D eigenvalue weighted by molar-refractivity contribution is 5.96. The summed E-state index contributed by atoms with van der Waals surface area (Å²) in [5.41, 5.74) is 0.667. The molecule has 22 heavy (non-hydrogen) atoms. The standard InChI is InChI=1S/C18H25NO3/c1-14(20)15-6-2-4-8-17(15)21-12-10-19-11-13-22-18-9-5-3-7-16(18)19/h2,4,6,8,16,18H,3,5,7,9-13H2,1H3/t16-,18-/m0/s1. The van der Waals surface area contributed by atoms with Gasteiger partial charge in [-0.2, -0.15) is 0 Å². The first kappa shape index (κ1) is 15.5. The van der Waals surface area contributed by atoms with E-state index in [-0.39, 0.29) is 5.78 Å². The highest BCUT2D eigenvalue weighted by atomic mass is 16.5. The van der Waals surface area contributed by atoms with Crippen molar-refractivity contribution in [3.63, 3.8) is 0 Å². The van der Waals surface area contributed by atoms with E-state index in [0.29, 0.717) is 30.1 Å². The van der Waals surface area contributed by atoms with Gasteiger partial charge in [-0.1, -0.05) is 25.0 Å². The van der Waals surface area contributed by atoms with E-state index in [0.717, 1.165) is 19.7 Å². The lowest BCUT2D eigenvalue weighted by molar-refractivity contribution is -0.0901. The van der Waals surface area contributed by atoms with E-state index >= 15 is 0 Å². The van der Waals surface area contributed by atoms with E-state index in [4.69, 9.17) is 9.47 Å². The van der Waals surface area contributed by atoms with Gasteiger partial charge >= 0.3 is 0 Å². The Labute approximate surface area is 132 Å². The fraction of sp³-hybridized carbons (Fsp3) is 0.611. The summed E-state index contributed by atoms with van der Waals surface area (Å²) in [5.74, 6) is 0.748. The maximum atomic E-state index is 11.6. The second kappa shape index (κ2) is 7.25. The third-order valence-electron chi connectivity index (χ3n) is 4.75. The SMILES string of the molecule is CC(=O)c1ccccc1OCCN1CCO[C@H]2CCCC[C@@H]21. The van der Waals surface area contributed by atoms with Gasteiger partial charge in [0.2, 0.25) is 0 Å². The molecule has 2 fully saturated rings. The second-order valence-electron chi connectivity index (χ2n) is 6.20. The Kier molecular flexibility index (Phi) is 5.11. The van der Waals surface area contributed by atoms with Gasteiger partial charge in [0, 0.05) is 19.1 Å². The summed E-state index contributed by atoms with van der Waals surface area (Å²) in [6, 6.07) is 8.03. The largest absolute Gasteiger partial charge is 0.491 e. The molecule has 1 heterocycles.